The summed E-state index contributed by atoms with van der Waals surface area (Å²) < 4.78 is 2.17. The zero-order valence-electron chi connectivity index (χ0n) is 8.82. The predicted octanol–water partition coefficient (Wildman–Crippen LogP) is 0.0789. The topological polar surface area (TPSA) is 41.3 Å². The smallest absolute Gasteiger partial charge is 0.105 e. The van der Waals surface area contributed by atoms with Gasteiger partial charge in [0.15, 0.2) is 0 Å². The SMILES string of the molecule is Cc1nc2c(n1C)CCN(CCO)C2. The lowest BCUT2D eigenvalue weighted by atomic mass is 10.1. The van der Waals surface area contributed by atoms with Crippen LogP contribution in [0, 0.1) is 6.92 Å². The van der Waals surface area contributed by atoms with Crippen molar-refractivity contribution in [2.24, 2.45) is 7.05 Å². The minimum Gasteiger partial charge on any atom is -0.395 e. The van der Waals surface area contributed by atoms with Gasteiger partial charge in [-0.05, 0) is 6.92 Å². The maximum Gasteiger partial charge on any atom is 0.105 e. The number of aliphatic hydroxyl groups is 1. The first-order chi connectivity index (χ1) is 6.72. The fourth-order valence-electron chi connectivity index (χ4n) is 2.05. The Kier molecular flexibility index (Phi) is 2.56. The molecule has 1 aromatic rings. The molecule has 0 unspecified atom stereocenters. The van der Waals surface area contributed by atoms with Gasteiger partial charge in [-0.1, -0.05) is 0 Å². The Morgan fingerprint density at radius 1 is 1.50 bits per heavy atom. The molecular formula is C10H17N3O. The summed E-state index contributed by atoms with van der Waals surface area (Å²) >= 11 is 0. The van der Waals surface area contributed by atoms with Gasteiger partial charge in [-0.25, -0.2) is 4.98 Å². The van der Waals surface area contributed by atoms with Crippen molar-refractivity contribution < 1.29 is 5.11 Å². The molecule has 2 rings (SSSR count). The molecule has 0 aromatic carbocycles. The Morgan fingerprint density at radius 3 is 3.00 bits per heavy atom. The van der Waals surface area contributed by atoms with Crippen molar-refractivity contribution in [2.45, 2.75) is 19.9 Å². The number of fused-ring (bicyclic) bond motifs is 1. The molecule has 1 N–H and O–H groups in total. The van der Waals surface area contributed by atoms with E-state index in [4.69, 9.17) is 5.11 Å². The standard InChI is InChI=1S/C10H17N3O/c1-8-11-9-7-13(5-6-14)4-3-10(9)12(8)2/h14H,3-7H2,1-2H3. The number of hydrogen-bond acceptors (Lipinski definition) is 3. The Balaban J connectivity index is 2.19. The van der Waals surface area contributed by atoms with E-state index in [9.17, 15) is 0 Å². The minimum absolute atomic E-state index is 0.237. The molecule has 78 valence electrons. The molecular weight excluding hydrogens is 178 g/mol. The Morgan fingerprint density at radius 2 is 2.29 bits per heavy atom. The molecule has 4 nitrogen and oxygen atoms in total. The Bertz CT molecular complexity index is 332. The van der Waals surface area contributed by atoms with E-state index in [1.807, 2.05) is 6.92 Å². The van der Waals surface area contributed by atoms with Gasteiger partial charge in [-0.2, -0.15) is 0 Å². The number of imidazole rings is 1. The van der Waals surface area contributed by atoms with Crippen molar-refractivity contribution in [3.63, 3.8) is 0 Å². The molecule has 0 amide bonds. The quantitative estimate of drug-likeness (QED) is 0.726. The van der Waals surface area contributed by atoms with Gasteiger partial charge in [0.25, 0.3) is 0 Å². The fourth-order valence-corrected chi connectivity index (χ4v) is 2.05. The summed E-state index contributed by atoms with van der Waals surface area (Å²) in [5.41, 5.74) is 2.54. The van der Waals surface area contributed by atoms with Gasteiger partial charge in [0.2, 0.25) is 0 Å². The van der Waals surface area contributed by atoms with Crippen molar-refractivity contribution in [3.05, 3.63) is 17.2 Å². The lowest BCUT2D eigenvalue weighted by molar-refractivity contribution is 0.182. The second-order valence-corrected chi connectivity index (χ2v) is 3.86. The molecule has 2 heterocycles. The molecule has 4 heteroatoms. The minimum atomic E-state index is 0.237. The van der Waals surface area contributed by atoms with Crippen molar-refractivity contribution in [1.29, 1.82) is 0 Å². The summed E-state index contributed by atoms with van der Waals surface area (Å²) in [4.78, 5) is 6.77. The van der Waals surface area contributed by atoms with Gasteiger partial charge >= 0.3 is 0 Å². The first kappa shape index (κ1) is 9.68. The second kappa shape index (κ2) is 3.71. The zero-order chi connectivity index (χ0) is 10.1. The van der Waals surface area contributed by atoms with Gasteiger partial charge in [-0.3, -0.25) is 4.90 Å². The molecule has 1 aliphatic heterocycles. The van der Waals surface area contributed by atoms with Crippen LogP contribution in [-0.2, 0) is 20.0 Å². The maximum absolute atomic E-state index is 8.86. The van der Waals surface area contributed by atoms with Crippen molar-refractivity contribution in [1.82, 2.24) is 14.5 Å². The first-order valence-electron chi connectivity index (χ1n) is 5.06. The van der Waals surface area contributed by atoms with Crippen molar-refractivity contribution in [3.8, 4) is 0 Å². The highest BCUT2D eigenvalue weighted by atomic mass is 16.3. The van der Waals surface area contributed by atoms with Crippen LogP contribution >= 0.6 is 0 Å². The van der Waals surface area contributed by atoms with E-state index >= 15 is 0 Å². The van der Waals surface area contributed by atoms with Crippen LogP contribution in [0.3, 0.4) is 0 Å². The molecule has 0 saturated carbocycles. The van der Waals surface area contributed by atoms with E-state index in [0.29, 0.717) is 0 Å². The highest BCUT2D eigenvalue weighted by Crippen LogP contribution is 2.18. The van der Waals surface area contributed by atoms with Crippen LogP contribution in [0.1, 0.15) is 17.2 Å². The molecule has 0 saturated heterocycles. The van der Waals surface area contributed by atoms with Gasteiger partial charge in [0.05, 0.1) is 12.3 Å². The highest BCUT2D eigenvalue weighted by Gasteiger charge is 2.20. The third kappa shape index (κ3) is 1.55. The van der Waals surface area contributed by atoms with Crippen LogP contribution in [-0.4, -0.2) is 39.3 Å². The van der Waals surface area contributed by atoms with Gasteiger partial charge in [-0.15, -0.1) is 0 Å². The number of rotatable bonds is 2. The number of nitrogens with zero attached hydrogens (tertiary/aromatic N) is 3. The molecule has 14 heavy (non-hydrogen) atoms. The van der Waals surface area contributed by atoms with Crippen LogP contribution in [0.2, 0.25) is 0 Å². The van der Waals surface area contributed by atoms with Gasteiger partial charge in [0.1, 0.15) is 5.82 Å². The summed E-state index contributed by atoms with van der Waals surface area (Å²) in [6.07, 6.45) is 1.05. The fraction of sp³-hybridized carbons (Fsp3) is 0.700. The number of β-amino-alcohol motifs (C(OH)–C–C–N with tert-alkyl or cyclic N) is 1. The Labute approximate surface area is 84.2 Å². The van der Waals surface area contributed by atoms with Crippen LogP contribution in [0.5, 0.6) is 0 Å². The van der Waals surface area contributed by atoms with E-state index in [0.717, 1.165) is 31.9 Å². The number of aryl methyl sites for hydroxylation is 1. The van der Waals surface area contributed by atoms with E-state index in [-0.39, 0.29) is 6.61 Å². The van der Waals surface area contributed by atoms with Crippen LogP contribution in [0.15, 0.2) is 0 Å². The molecule has 0 atom stereocenters. The summed E-state index contributed by atoms with van der Waals surface area (Å²) in [6, 6.07) is 0. The third-order valence-electron chi connectivity index (χ3n) is 2.97. The van der Waals surface area contributed by atoms with E-state index in [1.54, 1.807) is 0 Å². The second-order valence-electron chi connectivity index (χ2n) is 3.86. The summed E-state index contributed by atoms with van der Waals surface area (Å²) in [5, 5.41) is 8.86. The van der Waals surface area contributed by atoms with E-state index in [2.05, 4.69) is 21.5 Å². The lowest BCUT2D eigenvalue weighted by Gasteiger charge is -2.25. The molecule has 0 fully saturated rings. The van der Waals surface area contributed by atoms with Gasteiger partial charge < -0.3 is 9.67 Å². The molecule has 0 spiro atoms. The van der Waals surface area contributed by atoms with Crippen LogP contribution < -0.4 is 0 Å². The Hall–Kier alpha value is -0.870. The molecule has 0 bridgehead atoms. The molecule has 0 aliphatic carbocycles. The van der Waals surface area contributed by atoms with Crippen molar-refractivity contribution >= 4 is 0 Å². The molecule has 1 aromatic heterocycles. The number of hydrogen-bond donors (Lipinski definition) is 1. The normalized spacial score (nSPS) is 17.1. The summed E-state index contributed by atoms with van der Waals surface area (Å²) in [6.45, 7) is 4.95. The zero-order valence-corrected chi connectivity index (χ0v) is 8.82. The monoisotopic (exact) mass is 195 g/mol. The maximum atomic E-state index is 8.86. The first-order valence-corrected chi connectivity index (χ1v) is 5.06. The van der Waals surface area contributed by atoms with Gasteiger partial charge in [0, 0.05) is 38.8 Å². The summed E-state index contributed by atoms with van der Waals surface area (Å²) in [5.74, 6) is 1.08. The van der Waals surface area contributed by atoms with E-state index < -0.39 is 0 Å². The van der Waals surface area contributed by atoms with E-state index in [1.165, 1.54) is 11.4 Å². The highest BCUT2D eigenvalue weighted by molar-refractivity contribution is 5.19. The largest absolute Gasteiger partial charge is 0.395 e. The molecule has 0 radical (unpaired) electrons. The van der Waals surface area contributed by atoms with Crippen LogP contribution in [0.25, 0.3) is 0 Å². The predicted molar refractivity (Wildman–Crippen MR) is 54.0 cm³/mol. The average Bonchev–Trinajstić information content (AvgIpc) is 2.43. The third-order valence-corrected chi connectivity index (χ3v) is 2.97. The average molecular weight is 195 g/mol. The van der Waals surface area contributed by atoms with Crippen molar-refractivity contribution in [2.75, 3.05) is 19.7 Å². The number of aliphatic hydroxyl groups excluding tert-OH is 1. The van der Waals surface area contributed by atoms with Crippen LogP contribution in [0.4, 0.5) is 0 Å². The summed E-state index contributed by atoms with van der Waals surface area (Å²) in [7, 11) is 2.07. The number of aromatic nitrogens is 2. The molecule has 1 aliphatic rings. The lowest BCUT2D eigenvalue weighted by Crippen LogP contribution is -2.33.